The second kappa shape index (κ2) is 5.07. The summed E-state index contributed by atoms with van der Waals surface area (Å²) in [5, 5.41) is 0. The zero-order valence-corrected chi connectivity index (χ0v) is 11.9. The molecule has 1 radical (unpaired) electrons. The monoisotopic (exact) mass is 325 g/mol. The first-order chi connectivity index (χ1) is 8.47. The Balaban J connectivity index is 2.34. The van der Waals surface area contributed by atoms with Crippen LogP contribution in [0.1, 0.15) is 5.69 Å². The van der Waals surface area contributed by atoms with Crippen molar-refractivity contribution in [3.63, 3.8) is 0 Å². The van der Waals surface area contributed by atoms with Crippen LogP contribution in [0.25, 0.3) is 0 Å². The number of sulfonamides is 1. The molecule has 1 aromatic heterocycles. The molecule has 0 fully saturated rings. The number of benzene rings is 1. The molecule has 2 rings (SSSR count). The summed E-state index contributed by atoms with van der Waals surface area (Å²) < 4.78 is 27.2. The van der Waals surface area contributed by atoms with Gasteiger partial charge in [0.2, 0.25) is 0 Å². The van der Waals surface area contributed by atoms with Gasteiger partial charge in [0.25, 0.3) is 10.0 Å². The number of hydrogen-bond donors (Lipinski definition) is 1. The third-order valence-electron chi connectivity index (χ3n) is 2.17. The second-order valence-electron chi connectivity index (χ2n) is 3.66. The first-order valence-electron chi connectivity index (χ1n) is 5.10. The lowest BCUT2D eigenvalue weighted by Gasteiger charge is -2.08. The average Bonchev–Trinajstić information content (AvgIpc) is 2.28. The van der Waals surface area contributed by atoms with Crippen molar-refractivity contribution in [2.45, 2.75) is 11.8 Å². The lowest BCUT2D eigenvalue weighted by Crippen LogP contribution is -2.13. The van der Waals surface area contributed by atoms with Crippen LogP contribution in [0.4, 0.5) is 5.69 Å². The summed E-state index contributed by atoms with van der Waals surface area (Å²) >= 11 is 3.23. The highest BCUT2D eigenvalue weighted by Gasteiger charge is 2.13. The lowest BCUT2D eigenvalue weighted by molar-refractivity contribution is 0.601. The van der Waals surface area contributed by atoms with Crippen LogP contribution in [0, 0.1) is 13.0 Å². The molecular weight excluding hydrogens is 316 g/mol. The molecule has 0 saturated carbocycles. The van der Waals surface area contributed by atoms with Crippen LogP contribution in [0.5, 0.6) is 0 Å². The van der Waals surface area contributed by atoms with Crippen molar-refractivity contribution in [2.24, 2.45) is 0 Å². The number of pyridine rings is 1. The molecule has 1 aromatic carbocycles. The number of hydrogen-bond acceptors (Lipinski definition) is 3. The molecule has 6 heteroatoms. The minimum Gasteiger partial charge on any atom is -0.279 e. The van der Waals surface area contributed by atoms with E-state index >= 15 is 0 Å². The molecule has 0 spiro atoms. The standard InChI is InChI=1S/C12H10BrN2O2S/c1-9-7-10(8-12(13)14-9)15-18(16,17)11-5-3-2-4-6-11/h3-8H,1H3,(H,14,15). The van der Waals surface area contributed by atoms with Crippen LogP contribution in [-0.2, 0) is 10.0 Å². The molecule has 93 valence electrons. The fraction of sp³-hybridized carbons (Fsp3) is 0.0833. The van der Waals surface area contributed by atoms with Gasteiger partial charge in [-0.1, -0.05) is 12.1 Å². The zero-order chi connectivity index (χ0) is 13.2. The molecule has 0 amide bonds. The molecule has 1 heterocycles. The first kappa shape index (κ1) is 13.0. The SMILES string of the molecule is Cc1cc(NS(=O)(=O)c2cc[c]cc2)cc(Br)n1. The van der Waals surface area contributed by atoms with Gasteiger partial charge in [-0.05, 0) is 53.2 Å². The van der Waals surface area contributed by atoms with Crippen molar-refractivity contribution in [1.82, 2.24) is 4.98 Å². The third-order valence-corrected chi connectivity index (χ3v) is 3.98. The number of rotatable bonds is 3. The smallest absolute Gasteiger partial charge is 0.261 e. The summed E-state index contributed by atoms with van der Waals surface area (Å²) in [5.41, 5.74) is 1.20. The average molecular weight is 326 g/mol. The Labute approximate surface area is 114 Å². The quantitative estimate of drug-likeness (QED) is 0.883. The molecule has 0 unspecified atom stereocenters. The van der Waals surface area contributed by atoms with Gasteiger partial charge in [0.05, 0.1) is 10.6 Å². The number of aryl methyl sites for hydroxylation is 1. The predicted molar refractivity (Wildman–Crippen MR) is 72.8 cm³/mol. The fourth-order valence-corrected chi connectivity index (χ4v) is 3.02. The Bertz CT molecular complexity index is 637. The first-order valence-corrected chi connectivity index (χ1v) is 7.38. The number of nitrogens with zero attached hydrogens (tertiary/aromatic N) is 1. The number of aromatic nitrogens is 1. The topological polar surface area (TPSA) is 59.1 Å². The molecule has 2 aromatic rings. The summed E-state index contributed by atoms with van der Waals surface area (Å²) in [4.78, 5) is 4.31. The van der Waals surface area contributed by atoms with Gasteiger partial charge in [-0.25, -0.2) is 13.4 Å². The molecule has 0 aliphatic carbocycles. The minimum atomic E-state index is -3.57. The molecule has 0 saturated heterocycles. The van der Waals surface area contributed by atoms with Gasteiger partial charge in [0.1, 0.15) is 4.60 Å². The number of nitrogens with one attached hydrogen (secondary N) is 1. The van der Waals surface area contributed by atoms with E-state index < -0.39 is 10.0 Å². The van der Waals surface area contributed by atoms with Crippen molar-refractivity contribution in [3.05, 3.63) is 52.8 Å². The maximum absolute atomic E-state index is 12.1. The van der Waals surface area contributed by atoms with E-state index in [1.54, 1.807) is 31.2 Å². The van der Waals surface area contributed by atoms with E-state index in [4.69, 9.17) is 0 Å². The van der Waals surface area contributed by atoms with Gasteiger partial charge in [0.15, 0.2) is 0 Å². The van der Waals surface area contributed by atoms with E-state index in [-0.39, 0.29) is 4.90 Å². The van der Waals surface area contributed by atoms with E-state index in [2.05, 4.69) is 31.7 Å². The van der Waals surface area contributed by atoms with Gasteiger partial charge in [-0.2, -0.15) is 0 Å². The fourth-order valence-electron chi connectivity index (χ4n) is 1.45. The van der Waals surface area contributed by atoms with Crippen LogP contribution in [-0.4, -0.2) is 13.4 Å². The highest BCUT2D eigenvalue weighted by atomic mass is 79.9. The highest BCUT2D eigenvalue weighted by molar-refractivity contribution is 9.10. The van der Waals surface area contributed by atoms with E-state index in [1.807, 2.05) is 0 Å². The number of halogens is 1. The van der Waals surface area contributed by atoms with Crippen LogP contribution < -0.4 is 4.72 Å². The third kappa shape index (κ3) is 3.08. The molecule has 0 bridgehead atoms. The van der Waals surface area contributed by atoms with Crippen molar-refractivity contribution in [3.8, 4) is 0 Å². The summed E-state index contributed by atoms with van der Waals surface area (Å²) in [6.07, 6.45) is 0. The Morgan fingerprint density at radius 1 is 1.28 bits per heavy atom. The van der Waals surface area contributed by atoms with Crippen LogP contribution in [0.2, 0.25) is 0 Å². The van der Waals surface area contributed by atoms with E-state index in [9.17, 15) is 8.42 Å². The maximum Gasteiger partial charge on any atom is 0.261 e. The second-order valence-corrected chi connectivity index (χ2v) is 6.16. The van der Waals surface area contributed by atoms with E-state index in [0.717, 1.165) is 5.69 Å². The van der Waals surface area contributed by atoms with Crippen molar-refractivity contribution in [2.75, 3.05) is 4.72 Å². The summed E-state index contributed by atoms with van der Waals surface area (Å²) in [6, 6.07) is 12.2. The van der Waals surface area contributed by atoms with Crippen molar-refractivity contribution >= 4 is 31.6 Å². The Kier molecular flexibility index (Phi) is 3.68. The van der Waals surface area contributed by atoms with Gasteiger partial charge in [0, 0.05) is 5.69 Å². The number of anilines is 1. The maximum atomic E-state index is 12.1. The minimum absolute atomic E-state index is 0.201. The Morgan fingerprint density at radius 3 is 2.56 bits per heavy atom. The predicted octanol–water partition coefficient (Wildman–Crippen LogP) is 2.75. The molecule has 4 nitrogen and oxygen atoms in total. The Morgan fingerprint density at radius 2 is 1.94 bits per heavy atom. The summed E-state index contributed by atoms with van der Waals surface area (Å²) in [5.74, 6) is 0. The van der Waals surface area contributed by atoms with E-state index in [0.29, 0.717) is 10.3 Å². The molecule has 0 aliphatic rings. The largest absolute Gasteiger partial charge is 0.279 e. The summed E-state index contributed by atoms with van der Waals surface area (Å²) in [7, 11) is -3.57. The van der Waals surface area contributed by atoms with Crippen LogP contribution >= 0.6 is 15.9 Å². The van der Waals surface area contributed by atoms with Gasteiger partial charge >= 0.3 is 0 Å². The highest BCUT2D eigenvalue weighted by Crippen LogP contribution is 2.19. The Hall–Kier alpha value is -1.40. The van der Waals surface area contributed by atoms with Crippen LogP contribution in [0.15, 0.2) is 45.9 Å². The lowest BCUT2D eigenvalue weighted by atomic mass is 10.3. The zero-order valence-electron chi connectivity index (χ0n) is 9.51. The van der Waals surface area contributed by atoms with Gasteiger partial charge < -0.3 is 0 Å². The molecule has 18 heavy (non-hydrogen) atoms. The van der Waals surface area contributed by atoms with Crippen molar-refractivity contribution in [1.29, 1.82) is 0 Å². The molecule has 0 atom stereocenters. The van der Waals surface area contributed by atoms with E-state index in [1.165, 1.54) is 12.1 Å². The van der Waals surface area contributed by atoms with Crippen LogP contribution in [0.3, 0.4) is 0 Å². The summed E-state index contributed by atoms with van der Waals surface area (Å²) in [6.45, 7) is 1.79. The normalized spacial score (nSPS) is 11.2. The molecule has 1 N–H and O–H groups in total. The molecule has 0 aliphatic heterocycles. The molecular formula is C12H10BrN2O2S. The van der Waals surface area contributed by atoms with Gasteiger partial charge in [-0.15, -0.1) is 0 Å². The van der Waals surface area contributed by atoms with Crippen molar-refractivity contribution < 1.29 is 8.42 Å². The van der Waals surface area contributed by atoms with Gasteiger partial charge in [-0.3, -0.25) is 4.72 Å².